The predicted molar refractivity (Wildman–Crippen MR) is 118 cm³/mol. The molecule has 4 rings (SSSR count). The molecule has 0 radical (unpaired) electrons. The molecule has 0 saturated heterocycles. The Morgan fingerprint density at radius 2 is 1.84 bits per heavy atom. The molecule has 0 aliphatic carbocycles. The van der Waals surface area contributed by atoms with Crippen LogP contribution in [0.25, 0.3) is 11.6 Å². The number of hydrogen-bond donors (Lipinski definition) is 4. The summed E-state index contributed by atoms with van der Waals surface area (Å²) in [6, 6.07) is 14.6. The van der Waals surface area contributed by atoms with E-state index >= 15 is 0 Å². The molecular formula is C24H21N3O4. The number of aromatic nitrogens is 1. The lowest BCUT2D eigenvalue weighted by atomic mass is 10.0. The van der Waals surface area contributed by atoms with Gasteiger partial charge in [0.1, 0.15) is 0 Å². The SMILES string of the molecule is Cc1[nH]c(C=C2C(=O)Nc3ccc(C(=O)NCc4ccccc4)cc32)c(C)c1C(=O)O. The number of H-pyrrole nitrogens is 1. The lowest BCUT2D eigenvalue weighted by Gasteiger charge is -2.07. The highest BCUT2D eigenvalue weighted by Gasteiger charge is 2.26. The van der Waals surface area contributed by atoms with E-state index in [9.17, 15) is 19.5 Å². The molecular weight excluding hydrogens is 394 g/mol. The van der Waals surface area contributed by atoms with Crippen LogP contribution in [0.3, 0.4) is 0 Å². The number of fused-ring (bicyclic) bond motifs is 1. The molecule has 0 bridgehead atoms. The van der Waals surface area contributed by atoms with E-state index < -0.39 is 5.97 Å². The highest BCUT2D eigenvalue weighted by Crippen LogP contribution is 2.34. The third-order valence-corrected chi connectivity index (χ3v) is 5.34. The van der Waals surface area contributed by atoms with Crippen molar-refractivity contribution in [3.63, 3.8) is 0 Å². The molecule has 1 aliphatic heterocycles. The summed E-state index contributed by atoms with van der Waals surface area (Å²) in [7, 11) is 0. The number of aryl methyl sites for hydroxylation is 1. The average Bonchev–Trinajstić information content (AvgIpc) is 3.21. The van der Waals surface area contributed by atoms with Gasteiger partial charge in [-0.1, -0.05) is 30.3 Å². The molecule has 0 unspecified atom stereocenters. The van der Waals surface area contributed by atoms with Crippen LogP contribution in [0.2, 0.25) is 0 Å². The van der Waals surface area contributed by atoms with Crippen LogP contribution in [-0.4, -0.2) is 27.9 Å². The standard InChI is InChI=1S/C24H21N3O4/c1-13-20(26-14(2)21(13)24(30)31)11-18-17-10-16(8-9-19(17)27-23(18)29)22(28)25-12-15-6-4-3-5-7-15/h3-11,26H,12H2,1-2H3,(H,25,28)(H,27,29)(H,30,31). The summed E-state index contributed by atoms with van der Waals surface area (Å²) in [6.45, 7) is 3.77. The zero-order valence-electron chi connectivity index (χ0n) is 17.1. The van der Waals surface area contributed by atoms with Crippen molar-refractivity contribution in [2.45, 2.75) is 20.4 Å². The van der Waals surface area contributed by atoms with Crippen molar-refractivity contribution in [1.82, 2.24) is 10.3 Å². The molecule has 156 valence electrons. The number of aromatic amines is 1. The van der Waals surface area contributed by atoms with Gasteiger partial charge in [0.2, 0.25) is 0 Å². The van der Waals surface area contributed by atoms with Gasteiger partial charge >= 0.3 is 5.97 Å². The minimum Gasteiger partial charge on any atom is -0.478 e. The number of aromatic carboxylic acids is 1. The zero-order valence-corrected chi connectivity index (χ0v) is 17.1. The second-order valence-electron chi connectivity index (χ2n) is 7.41. The lowest BCUT2D eigenvalue weighted by molar-refractivity contribution is -0.110. The van der Waals surface area contributed by atoms with Gasteiger partial charge in [-0.15, -0.1) is 0 Å². The maximum atomic E-state index is 12.6. The van der Waals surface area contributed by atoms with Crippen LogP contribution < -0.4 is 10.6 Å². The molecule has 0 spiro atoms. The quantitative estimate of drug-likeness (QED) is 0.476. The molecule has 2 amide bonds. The summed E-state index contributed by atoms with van der Waals surface area (Å²) < 4.78 is 0. The highest BCUT2D eigenvalue weighted by molar-refractivity contribution is 6.35. The number of carbonyl (C=O) groups excluding carboxylic acids is 2. The first-order chi connectivity index (χ1) is 14.8. The van der Waals surface area contributed by atoms with Gasteiger partial charge in [0.15, 0.2) is 0 Å². The molecule has 2 aromatic carbocycles. The Hall–Kier alpha value is -4.13. The van der Waals surface area contributed by atoms with E-state index in [0.717, 1.165) is 5.56 Å². The van der Waals surface area contributed by atoms with Gasteiger partial charge in [0.05, 0.1) is 11.1 Å². The summed E-state index contributed by atoms with van der Waals surface area (Å²) in [5.41, 5.74) is 4.81. The number of amides is 2. The zero-order chi connectivity index (χ0) is 22.1. The molecule has 1 aromatic heterocycles. The van der Waals surface area contributed by atoms with E-state index in [1.165, 1.54) is 0 Å². The number of benzene rings is 2. The number of hydrogen-bond acceptors (Lipinski definition) is 3. The molecule has 0 fully saturated rings. The summed E-state index contributed by atoms with van der Waals surface area (Å²) in [4.78, 5) is 39.7. The summed E-state index contributed by atoms with van der Waals surface area (Å²) in [6.07, 6.45) is 1.63. The van der Waals surface area contributed by atoms with Crippen LogP contribution in [0.1, 0.15) is 48.8 Å². The first kappa shape index (κ1) is 20.2. The number of carboxylic acid groups (broad SMARTS) is 1. The van der Waals surface area contributed by atoms with Crippen molar-refractivity contribution in [1.29, 1.82) is 0 Å². The largest absolute Gasteiger partial charge is 0.478 e. The van der Waals surface area contributed by atoms with Gasteiger partial charge in [0.25, 0.3) is 11.8 Å². The van der Waals surface area contributed by atoms with Gasteiger partial charge in [0, 0.05) is 34.7 Å². The van der Waals surface area contributed by atoms with Crippen molar-refractivity contribution >= 4 is 35.1 Å². The monoisotopic (exact) mass is 415 g/mol. The van der Waals surface area contributed by atoms with Crippen molar-refractivity contribution < 1.29 is 19.5 Å². The summed E-state index contributed by atoms with van der Waals surface area (Å²) in [5.74, 6) is -1.57. The van der Waals surface area contributed by atoms with Crippen molar-refractivity contribution in [3.05, 3.63) is 87.7 Å². The Bertz CT molecular complexity index is 1240. The second kappa shape index (κ2) is 7.95. The topological polar surface area (TPSA) is 111 Å². The van der Waals surface area contributed by atoms with E-state index in [1.807, 2.05) is 30.3 Å². The van der Waals surface area contributed by atoms with E-state index in [0.29, 0.717) is 45.9 Å². The second-order valence-corrected chi connectivity index (χ2v) is 7.41. The van der Waals surface area contributed by atoms with Crippen LogP contribution in [0.5, 0.6) is 0 Å². The molecule has 1 aliphatic rings. The Balaban J connectivity index is 1.64. The number of carboxylic acids is 1. The molecule has 31 heavy (non-hydrogen) atoms. The first-order valence-corrected chi connectivity index (χ1v) is 9.77. The van der Waals surface area contributed by atoms with Gasteiger partial charge in [-0.05, 0) is 49.2 Å². The fraction of sp³-hybridized carbons (Fsp3) is 0.125. The molecule has 7 heteroatoms. The van der Waals surface area contributed by atoms with Crippen molar-refractivity contribution in [2.24, 2.45) is 0 Å². The molecule has 0 saturated carbocycles. The minimum absolute atomic E-state index is 0.194. The molecule has 3 aromatic rings. The maximum absolute atomic E-state index is 12.6. The van der Waals surface area contributed by atoms with Crippen molar-refractivity contribution in [3.8, 4) is 0 Å². The van der Waals surface area contributed by atoms with Crippen LogP contribution >= 0.6 is 0 Å². The van der Waals surface area contributed by atoms with Gasteiger partial charge in [-0.3, -0.25) is 9.59 Å². The predicted octanol–water partition coefficient (Wildman–Crippen LogP) is 3.75. The minimum atomic E-state index is -1.02. The maximum Gasteiger partial charge on any atom is 0.337 e. The Morgan fingerprint density at radius 1 is 1.10 bits per heavy atom. The lowest BCUT2D eigenvalue weighted by Crippen LogP contribution is -2.22. The number of rotatable bonds is 5. The van der Waals surface area contributed by atoms with E-state index in [2.05, 4.69) is 15.6 Å². The van der Waals surface area contributed by atoms with E-state index in [-0.39, 0.29) is 17.4 Å². The molecule has 4 N–H and O–H groups in total. The summed E-state index contributed by atoms with van der Waals surface area (Å²) >= 11 is 0. The number of nitrogens with one attached hydrogen (secondary N) is 3. The van der Waals surface area contributed by atoms with Crippen LogP contribution in [0, 0.1) is 13.8 Å². The Kier molecular flexibility index (Phi) is 5.17. The number of anilines is 1. The summed E-state index contributed by atoms with van der Waals surface area (Å²) in [5, 5.41) is 15.1. The third-order valence-electron chi connectivity index (χ3n) is 5.34. The van der Waals surface area contributed by atoms with Crippen LogP contribution in [0.15, 0.2) is 48.5 Å². The molecule has 2 heterocycles. The normalized spacial score (nSPS) is 13.7. The first-order valence-electron chi connectivity index (χ1n) is 9.77. The molecule has 7 nitrogen and oxygen atoms in total. The third kappa shape index (κ3) is 3.85. The Morgan fingerprint density at radius 3 is 2.52 bits per heavy atom. The number of carbonyl (C=O) groups is 3. The highest BCUT2D eigenvalue weighted by atomic mass is 16.4. The van der Waals surface area contributed by atoms with E-state index in [1.54, 1.807) is 38.1 Å². The van der Waals surface area contributed by atoms with Crippen LogP contribution in [-0.2, 0) is 11.3 Å². The smallest absolute Gasteiger partial charge is 0.337 e. The van der Waals surface area contributed by atoms with Gasteiger partial charge in [-0.25, -0.2) is 4.79 Å². The van der Waals surface area contributed by atoms with E-state index in [4.69, 9.17) is 0 Å². The van der Waals surface area contributed by atoms with Crippen molar-refractivity contribution in [2.75, 3.05) is 5.32 Å². The van der Waals surface area contributed by atoms with Gasteiger partial charge < -0.3 is 20.7 Å². The molecule has 0 atom stereocenters. The fourth-order valence-corrected chi connectivity index (χ4v) is 3.74. The van der Waals surface area contributed by atoms with Crippen LogP contribution in [0.4, 0.5) is 5.69 Å². The average molecular weight is 415 g/mol. The van der Waals surface area contributed by atoms with Gasteiger partial charge in [-0.2, -0.15) is 0 Å². The Labute approximate surface area is 178 Å². The fourth-order valence-electron chi connectivity index (χ4n) is 3.74.